The van der Waals surface area contributed by atoms with Crippen LogP contribution in [0.4, 0.5) is 9.93 Å². The Balaban J connectivity index is 1.41. The number of carbonyl (C=O) groups excluding carboxylic acids is 2. The molecule has 0 saturated heterocycles. The third-order valence-electron chi connectivity index (χ3n) is 4.73. The quantitative estimate of drug-likeness (QED) is 0.412. The van der Waals surface area contributed by atoms with Gasteiger partial charge < -0.3 is 19.2 Å². The topological polar surface area (TPSA) is 122 Å². The second-order valence-electron chi connectivity index (χ2n) is 7.19. The number of thiophene rings is 1. The number of aryl methyl sites for hydroxylation is 2. The van der Waals surface area contributed by atoms with Crippen LogP contribution >= 0.6 is 34.3 Å². The fraction of sp³-hybridized carbons (Fsp3) is 0.250. The van der Waals surface area contributed by atoms with Crippen LogP contribution < -0.4 is 16.2 Å². The molecule has 33 heavy (non-hydrogen) atoms. The molecule has 0 bridgehead atoms. The number of nitrogens with one attached hydrogen (secondary N) is 2. The molecule has 0 saturated carbocycles. The molecule has 10 nitrogen and oxygen atoms in total. The van der Waals surface area contributed by atoms with Crippen molar-refractivity contribution in [2.24, 2.45) is 7.05 Å². The van der Waals surface area contributed by atoms with Crippen LogP contribution in [0.1, 0.15) is 26.7 Å². The zero-order valence-corrected chi connectivity index (χ0v) is 20.2. The molecular weight excluding hydrogens is 488 g/mol. The molecule has 172 valence electrons. The van der Waals surface area contributed by atoms with Gasteiger partial charge in [-0.1, -0.05) is 11.6 Å². The van der Waals surface area contributed by atoms with Gasteiger partial charge in [0.25, 0.3) is 11.5 Å². The fourth-order valence-corrected chi connectivity index (χ4v) is 4.87. The minimum Gasteiger partial charge on any atom is -0.442 e. The lowest BCUT2D eigenvalue weighted by atomic mass is 10.1. The first-order chi connectivity index (χ1) is 15.7. The van der Waals surface area contributed by atoms with E-state index in [1.807, 2.05) is 6.07 Å². The lowest BCUT2D eigenvalue weighted by Gasteiger charge is -2.15. The Morgan fingerprint density at radius 1 is 1.33 bits per heavy atom. The van der Waals surface area contributed by atoms with Crippen molar-refractivity contribution in [3.8, 4) is 0 Å². The van der Waals surface area contributed by atoms with Crippen LogP contribution in [0, 0.1) is 6.92 Å². The Morgan fingerprint density at radius 2 is 2.12 bits per heavy atom. The van der Waals surface area contributed by atoms with E-state index in [0.29, 0.717) is 27.5 Å². The van der Waals surface area contributed by atoms with E-state index in [9.17, 15) is 14.4 Å². The lowest BCUT2D eigenvalue weighted by molar-refractivity contribution is 0.0783. The number of hydrogen-bond donors (Lipinski definition) is 2. The Morgan fingerprint density at radius 3 is 2.85 bits per heavy atom. The molecule has 0 atom stereocenters. The minimum absolute atomic E-state index is 0.128. The Kier molecular flexibility index (Phi) is 6.49. The summed E-state index contributed by atoms with van der Waals surface area (Å²) in [6.45, 7) is 2.15. The first kappa shape index (κ1) is 23.0. The van der Waals surface area contributed by atoms with Gasteiger partial charge in [0.1, 0.15) is 17.5 Å². The molecule has 4 aromatic heterocycles. The van der Waals surface area contributed by atoms with E-state index in [1.165, 1.54) is 38.5 Å². The van der Waals surface area contributed by atoms with E-state index in [-0.39, 0.29) is 34.7 Å². The maximum absolute atomic E-state index is 13.1. The SMILES string of the molecule is Cc1oc2ncn(C)c(=O)c2c1C(=O)N(C)Cc1csc(NC(=O)NCc2ccc(Cl)s2)n1. The molecule has 2 N–H and O–H groups in total. The van der Waals surface area contributed by atoms with E-state index in [1.54, 1.807) is 32.5 Å². The van der Waals surface area contributed by atoms with Gasteiger partial charge in [-0.2, -0.15) is 0 Å². The van der Waals surface area contributed by atoms with E-state index in [0.717, 1.165) is 4.88 Å². The van der Waals surface area contributed by atoms with Gasteiger partial charge in [-0.15, -0.1) is 22.7 Å². The summed E-state index contributed by atoms with van der Waals surface area (Å²) >= 11 is 8.52. The summed E-state index contributed by atoms with van der Waals surface area (Å²) in [7, 11) is 3.16. The van der Waals surface area contributed by atoms with Gasteiger partial charge in [-0.3, -0.25) is 14.9 Å². The summed E-state index contributed by atoms with van der Waals surface area (Å²) in [6, 6.07) is 3.22. The third kappa shape index (κ3) is 4.92. The molecule has 0 aliphatic rings. The van der Waals surface area contributed by atoms with Gasteiger partial charge in [0, 0.05) is 24.4 Å². The van der Waals surface area contributed by atoms with Crippen molar-refractivity contribution in [3.63, 3.8) is 0 Å². The van der Waals surface area contributed by atoms with Crippen molar-refractivity contribution in [3.05, 3.63) is 60.4 Å². The summed E-state index contributed by atoms with van der Waals surface area (Å²) in [4.78, 5) is 48.5. The Labute approximate surface area is 200 Å². The zero-order valence-electron chi connectivity index (χ0n) is 17.8. The first-order valence-electron chi connectivity index (χ1n) is 9.66. The number of furan rings is 1. The predicted molar refractivity (Wildman–Crippen MR) is 127 cm³/mol. The van der Waals surface area contributed by atoms with Gasteiger partial charge in [-0.05, 0) is 19.1 Å². The van der Waals surface area contributed by atoms with Crippen LogP contribution in [-0.2, 0) is 20.1 Å². The highest BCUT2D eigenvalue weighted by molar-refractivity contribution is 7.16. The maximum atomic E-state index is 13.1. The van der Waals surface area contributed by atoms with Gasteiger partial charge in [-0.25, -0.2) is 14.8 Å². The van der Waals surface area contributed by atoms with Crippen molar-refractivity contribution in [1.29, 1.82) is 0 Å². The smallest absolute Gasteiger partial charge is 0.321 e. The number of anilines is 1. The van der Waals surface area contributed by atoms with Gasteiger partial charge in [0.2, 0.25) is 5.71 Å². The number of nitrogens with zero attached hydrogens (tertiary/aromatic N) is 4. The van der Waals surface area contributed by atoms with Crippen molar-refractivity contribution in [1.82, 2.24) is 24.8 Å². The number of rotatable bonds is 6. The number of thiazole rings is 1. The summed E-state index contributed by atoms with van der Waals surface area (Å²) in [5, 5.41) is 7.71. The molecule has 0 aliphatic heterocycles. The number of fused-ring (bicyclic) bond motifs is 1. The second kappa shape index (κ2) is 9.33. The van der Waals surface area contributed by atoms with Crippen molar-refractivity contribution in [2.75, 3.05) is 12.4 Å². The molecule has 4 heterocycles. The highest BCUT2D eigenvalue weighted by atomic mass is 35.5. The standard InChI is InChI=1S/C20H19ClN6O4S2/c1-10-14(15-16(31-10)23-9-27(3)18(15)29)17(28)26(2)7-11-8-32-20(24-11)25-19(30)22-6-12-4-5-13(21)33-12/h4-5,8-9H,6-7H2,1-3H3,(H2,22,24,25,30). The van der Waals surface area contributed by atoms with Crippen LogP contribution in [-0.4, -0.2) is 38.4 Å². The molecule has 13 heteroatoms. The molecule has 0 radical (unpaired) electrons. The number of aromatic nitrogens is 3. The average molecular weight is 507 g/mol. The van der Waals surface area contributed by atoms with E-state index < -0.39 is 6.03 Å². The molecule has 0 aliphatic carbocycles. The molecular formula is C20H19ClN6O4S2. The zero-order chi connectivity index (χ0) is 23.7. The normalized spacial score (nSPS) is 11.0. The number of amides is 3. The summed E-state index contributed by atoms with van der Waals surface area (Å²) in [5.41, 5.74) is 0.545. The summed E-state index contributed by atoms with van der Waals surface area (Å²) < 4.78 is 7.47. The molecule has 4 rings (SSSR count). The average Bonchev–Trinajstić information content (AvgIpc) is 3.47. The molecule has 0 spiro atoms. The lowest BCUT2D eigenvalue weighted by Crippen LogP contribution is -2.29. The van der Waals surface area contributed by atoms with E-state index in [4.69, 9.17) is 16.0 Å². The van der Waals surface area contributed by atoms with Crippen LogP contribution in [0.15, 0.2) is 33.1 Å². The number of halogens is 1. The van der Waals surface area contributed by atoms with Crippen molar-refractivity contribution in [2.45, 2.75) is 20.0 Å². The minimum atomic E-state index is -0.395. The highest BCUT2D eigenvalue weighted by Gasteiger charge is 2.25. The molecule has 3 amide bonds. The molecule has 0 aromatic carbocycles. The maximum Gasteiger partial charge on any atom is 0.321 e. The van der Waals surface area contributed by atoms with Crippen LogP contribution in [0.3, 0.4) is 0 Å². The summed E-state index contributed by atoms with van der Waals surface area (Å²) in [6.07, 6.45) is 1.35. The van der Waals surface area contributed by atoms with Crippen LogP contribution in [0.5, 0.6) is 0 Å². The second-order valence-corrected chi connectivity index (χ2v) is 9.85. The molecule has 0 unspecified atom stereocenters. The van der Waals surface area contributed by atoms with Gasteiger partial charge in [0.15, 0.2) is 5.13 Å². The largest absolute Gasteiger partial charge is 0.442 e. The summed E-state index contributed by atoms with van der Waals surface area (Å²) in [5.74, 6) is -0.0619. The number of hydrogen-bond acceptors (Lipinski definition) is 8. The molecule has 4 aromatic rings. The van der Waals surface area contributed by atoms with Gasteiger partial charge in [0.05, 0.1) is 28.7 Å². The predicted octanol–water partition coefficient (Wildman–Crippen LogP) is 3.60. The van der Waals surface area contributed by atoms with Gasteiger partial charge >= 0.3 is 6.03 Å². The van der Waals surface area contributed by atoms with Crippen LogP contribution in [0.25, 0.3) is 11.1 Å². The van der Waals surface area contributed by atoms with Crippen molar-refractivity contribution >= 4 is 62.4 Å². The highest BCUT2D eigenvalue weighted by Crippen LogP contribution is 2.24. The Hall–Kier alpha value is -3.22. The van der Waals surface area contributed by atoms with E-state index in [2.05, 4.69) is 20.6 Å². The Bertz CT molecular complexity index is 1410. The number of urea groups is 1. The van der Waals surface area contributed by atoms with Crippen LogP contribution in [0.2, 0.25) is 4.34 Å². The first-order valence-corrected chi connectivity index (χ1v) is 11.7. The number of carbonyl (C=O) groups is 2. The third-order valence-corrected chi connectivity index (χ3v) is 6.77. The fourth-order valence-electron chi connectivity index (χ4n) is 3.14. The van der Waals surface area contributed by atoms with Crippen molar-refractivity contribution < 1.29 is 14.0 Å². The van der Waals surface area contributed by atoms with E-state index >= 15 is 0 Å². The monoisotopic (exact) mass is 506 g/mol. The molecule has 0 fully saturated rings.